The number of amides is 2. The first kappa shape index (κ1) is 20.3. The Kier molecular flexibility index (Phi) is 5.76. The molecule has 1 aliphatic rings. The van der Waals surface area contributed by atoms with Gasteiger partial charge in [-0.3, -0.25) is 0 Å². The predicted molar refractivity (Wildman–Crippen MR) is 109 cm³/mol. The van der Waals surface area contributed by atoms with E-state index in [2.05, 4.69) is 42.5 Å². The molecule has 1 aliphatic heterocycles. The lowest BCUT2D eigenvalue weighted by atomic mass is 9.93. The van der Waals surface area contributed by atoms with Gasteiger partial charge in [0.1, 0.15) is 4.90 Å². The topological polar surface area (TPSA) is 112 Å². The van der Waals surface area contributed by atoms with Crippen LogP contribution in [0.1, 0.15) is 57.1 Å². The highest BCUT2D eigenvalue weighted by Crippen LogP contribution is 2.33. The normalized spacial score (nSPS) is 15.7. The molecular weight excluding hydrogens is 378 g/mol. The molecule has 9 heteroatoms. The van der Waals surface area contributed by atoms with E-state index in [1.54, 1.807) is 4.68 Å². The first-order valence-corrected chi connectivity index (χ1v) is 11.0. The van der Waals surface area contributed by atoms with Crippen molar-refractivity contribution in [3.8, 4) is 5.88 Å². The van der Waals surface area contributed by atoms with E-state index in [1.165, 1.54) is 6.20 Å². The van der Waals surface area contributed by atoms with E-state index >= 15 is 0 Å². The van der Waals surface area contributed by atoms with Gasteiger partial charge in [0.2, 0.25) is 5.88 Å². The van der Waals surface area contributed by atoms with Crippen LogP contribution in [0.4, 0.5) is 10.5 Å². The molecule has 2 amide bonds. The second-order valence-electron chi connectivity index (χ2n) is 7.45. The van der Waals surface area contributed by atoms with Crippen molar-refractivity contribution in [2.24, 2.45) is 9.50 Å². The Morgan fingerprint density at radius 1 is 1.29 bits per heavy atom. The van der Waals surface area contributed by atoms with E-state index in [-0.39, 0.29) is 16.7 Å². The number of anilines is 1. The highest BCUT2D eigenvalue weighted by atomic mass is 32.2. The molecule has 2 heterocycles. The molecule has 0 unspecified atom stereocenters. The maximum absolute atomic E-state index is 13.0. The molecule has 8 nitrogen and oxygen atoms in total. The largest absolute Gasteiger partial charge is 0.477 e. The van der Waals surface area contributed by atoms with Crippen molar-refractivity contribution in [1.29, 1.82) is 0 Å². The number of urea groups is 1. The van der Waals surface area contributed by atoms with Crippen molar-refractivity contribution in [2.45, 2.75) is 57.4 Å². The maximum atomic E-state index is 13.0. The molecule has 0 saturated carbocycles. The molecule has 0 fully saturated rings. The minimum Gasteiger partial charge on any atom is -0.477 e. The number of ether oxygens (including phenoxy) is 1. The number of fused-ring (bicyclic) bond motifs is 1. The summed E-state index contributed by atoms with van der Waals surface area (Å²) in [5, 5.41) is 12.9. The molecule has 3 N–H and O–H groups in total. The number of hydrogen-bond donors (Lipinski definition) is 2. The number of benzene rings is 1. The summed E-state index contributed by atoms with van der Waals surface area (Å²) in [7, 11) is -3.49. The van der Waals surface area contributed by atoms with Gasteiger partial charge in [0.15, 0.2) is 9.92 Å². The smallest absolute Gasteiger partial charge is 0.354 e. The molecule has 0 spiro atoms. The van der Waals surface area contributed by atoms with E-state index in [9.17, 15) is 9.00 Å². The van der Waals surface area contributed by atoms with Crippen LogP contribution in [-0.2, 0) is 16.5 Å². The van der Waals surface area contributed by atoms with Crippen molar-refractivity contribution < 1.29 is 13.7 Å². The Labute approximate surface area is 165 Å². The third kappa shape index (κ3) is 4.05. The lowest BCUT2D eigenvalue weighted by molar-refractivity contribution is 0.224. The minimum absolute atomic E-state index is 0.142. The first-order chi connectivity index (χ1) is 13.2. The molecule has 152 valence electrons. The van der Waals surface area contributed by atoms with Crippen LogP contribution >= 0.6 is 0 Å². The minimum atomic E-state index is -3.49. The highest BCUT2D eigenvalue weighted by molar-refractivity contribution is 7.91. The molecule has 0 saturated heterocycles. The van der Waals surface area contributed by atoms with E-state index < -0.39 is 15.9 Å². The number of para-hydroxylation sites is 1. The summed E-state index contributed by atoms with van der Waals surface area (Å²) in [5.74, 6) is 0.723. The second-order valence-corrected chi connectivity index (χ2v) is 9.21. The number of aromatic nitrogens is 2. The Morgan fingerprint density at radius 3 is 2.54 bits per heavy atom. The summed E-state index contributed by atoms with van der Waals surface area (Å²) in [6, 6.07) is 5.15. The molecule has 1 aromatic heterocycles. The van der Waals surface area contributed by atoms with Gasteiger partial charge in [-0.15, -0.1) is 4.36 Å². The summed E-state index contributed by atoms with van der Waals surface area (Å²) < 4.78 is 23.9. The van der Waals surface area contributed by atoms with Crippen molar-refractivity contribution in [1.82, 2.24) is 9.78 Å². The summed E-state index contributed by atoms with van der Waals surface area (Å²) in [4.78, 5) is 12.8. The quantitative estimate of drug-likeness (QED) is 0.804. The maximum Gasteiger partial charge on any atom is 0.354 e. The molecule has 3 rings (SSSR count). The van der Waals surface area contributed by atoms with Crippen molar-refractivity contribution in [3.63, 3.8) is 0 Å². The Hall–Kier alpha value is -2.39. The van der Waals surface area contributed by atoms with Crippen LogP contribution in [0.2, 0.25) is 0 Å². The van der Waals surface area contributed by atoms with Crippen LogP contribution in [0.25, 0.3) is 0 Å². The number of nitrogens with zero attached hydrogens (tertiary/aromatic N) is 3. The zero-order valence-corrected chi connectivity index (χ0v) is 17.5. The van der Waals surface area contributed by atoms with Crippen molar-refractivity contribution >= 4 is 21.6 Å². The average molecular weight is 406 g/mol. The van der Waals surface area contributed by atoms with Gasteiger partial charge in [-0.1, -0.05) is 45.9 Å². The number of rotatable bonds is 4. The number of nitrogens with one attached hydrogen (secondary N) is 1. The standard InChI is InChI=1S/C19H27N5O3S/c1-12(2)14-7-5-8-15(13(3)4)17(14)22-19(25)23-28(20,26)16-11-21-24-9-6-10-27-18(16)24/h5,7-8,11-13H,6,9-10H2,1-4H3,(H3,20,22,23,25,26)/t28-/m0/s1. The SMILES string of the molecule is CC(C)c1cccc(C(C)C)c1NC(=O)N=[S@](N)(=O)c1cnn2c1OCCC2. The van der Waals surface area contributed by atoms with Gasteiger partial charge in [-0.25, -0.2) is 18.8 Å². The second kappa shape index (κ2) is 7.92. The Morgan fingerprint density at radius 2 is 1.93 bits per heavy atom. The summed E-state index contributed by atoms with van der Waals surface area (Å²) >= 11 is 0. The van der Waals surface area contributed by atoms with Gasteiger partial charge >= 0.3 is 6.03 Å². The Bertz CT molecular complexity index is 977. The number of nitrogens with two attached hydrogens (primary N) is 1. The first-order valence-electron chi connectivity index (χ1n) is 9.38. The van der Waals surface area contributed by atoms with Crippen LogP contribution in [0.5, 0.6) is 5.88 Å². The zero-order valence-electron chi connectivity index (χ0n) is 16.6. The number of carbonyl (C=O) groups excluding carboxylic acids is 1. The molecule has 0 bridgehead atoms. The van der Waals surface area contributed by atoms with E-state index in [0.29, 0.717) is 24.7 Å². The van der Waals surface area contributed by atoms with Gasteiger partial charge in [-0.05, 0) is 23.0 Å². The van der Waals surface area contributed by atoms with E-state index in [1.807, 2.05) is 18.2 Å². The van der Waals surface area contributed by atoms with Crippen molar-refractivity contribution in [2.75, 3.05) is 11.9 Å². The van der Waals surface area contributed by atoms with Crippen LogP contribution in [0.15, 0.2) is 33.7 Å². The molecule has 0 radical (unpaired) electrons. The third-order valence-electron chi connectivity index (χ3n) is 4.65. The predicted octanol–water partition coefficient (Wildman–Crippen LogP) is 3.85. The Balaban J connectivity index is 1.96. The fourth-order valence-corrected chi connectivity index (χ4v) is 4.25. The fourth-order valence-electron chi connectivity index (χ4n) is 3.24. The van der Waals surface area contributed by atoms with Crippen LogP contribution < -0.4 is 15.2 Å². The van der Waals surface area contributed by atoms with E-state index in [4.69, 9.17) is 9.88 Å². The van der Waals surface area contributed by atoms with Crippen LogP contribution in [0, 0.1) is 0 Å². The number of carbonyl (C=O) groups is 1. The summed E-state index contributed by atoms with van der Waals surface area (Å²) in [6.45, 7) is 9.34. The zero-order chi connectivity index (χ0) is 20.5. The molecule has 1 aromatic carbocycles. The van der Waals surface area contributed by atoms with Crippen LogP contribution in [0.3, 0.4) is 0 Å². The third-order valence-corrected chi connectivity index (χ3v) is 6.00. The molecule has 2 aromatic rings. The van der Waals surface area contributed by atoms with Gasteiger partial charge in [0, 0.05) is 18.7 Å². The average Bonchev–Trinajstić information content (AvgIpc) is 3.06. The van der Waals surface area contributed by atoms with Gasteiger partial charge in [0.05, 0.1) is 12.8 Å². The molecule has 0 aliphatic carbocycles. The molecule has 28 heavy (non-hydrogen) atoms. The summed E-state index contributed by atoms with van der Waals surface area (Å²) in [6.07, 6.45) is 2.17. The summed E-state index contributed by atoms with van der Waals surface area (Å²) in [5.41, 5.74) is 2.68. The van der Waals surface area contributed by atoms with E-state index in [0.717, 1.165) is 17.5 Å². The lowest BCUT2D eigenvalue weighted by Gasteiger charge is -2.19. The monoisotopic (exact) mass is 405 g/mol. The molecule has 1 atom stereocenters. The highest BCUT2D eigenvalue weighted by Gasteiger charge is 2.24. The van der Waals surface area contributed by atoms with Crippen LogP contribution in [-0.4, -0.2) is 26.6 Å². The van der Waals surface area contributed by atoms with Gasteiger partial charge in [0.25, 0.3) is 0 Å². The number of hydrogen-bond acceptors (Lipinski definition) is 4. The fraction of sp³-hybridized carbons (Fsp3) is 0.474. The van der Waals surface area contributed by atoms with Crippen molar-refractivity contribution in [3.05, 3.63) is 35.5 Å². The number of aryl methyl sites for hydroxylation is 1. The van der Waals surface area contributed by atoms with Gasteiger partial charge < -0.3 is 10.1 Å². The van der Waals surface area contributed by atoms with Gasteiger partial charge in [-0.2, -0.15) is 5.10 Å². The molecular formula is C19H27N5O3S. The lowest BCUT2D eigenvalue weighted by Crippen LogP contribution is -2.21.